The van der Waals surface area contributed by atoms with E-state index in [1.807, 2.05) is 12.1 Å². The van der Waals surface area contributed by atoms with Crippen LogP contribution in [0.25, 0.3) is 0 Å². The minimum absolute atomic E-state index is 0.0277. The van der Waals surface area contributed by atoms with E-state index in [2.05, 4.69) is 29.4 Å². The third-order valence-corrected chi connectivity index (χ3v) is 6.46. The van der Waals surface area contributed by atoms with Crippen molar-refractivity contribution in [2.45, 2.75) is 23.8 Å². The first-order valence-electron chi connectivity index (χ1n) is 9.96. The van der Waals surface area contributed by atoms with Crippen molar-refractivity contribution >= 4 is 23.4 Å². The van der Waals surface area contributed by atoms with E-state index in [0.29, 0.717) is 12.5 Å². The Kier molecular flexibility index (Phi) is 7.70. The summed E-state index contributed by atoms with van der Waals surface area (Å²) in [6, 6.07) is 14.7. The molecule has 1 fully saturated rings. The number of rotatable bonds is 8. The van der Waals surface area contributed by atoms with E-state index in [1.54, 1.807) is 19.2 Å². The quantitative estimate of drug-likeness (QED) is 0.389. The maximum atomic E-state index is 12.4. The molecular formula is C22H27N3O4S. The maximum Gasteiger partial charge on any atom is 0.269 e. The average Bonchev–Trinajstić information content (AvgIpc) is 2.76. The van der Waals surface area contributed by atoms with Crippen LogP contribution in [0.3, 0.4) is 0 Å². The fourth-order valence-electron chi connectivity index (χ4n) is 3.91. The lowest BCUT2D eigenvalue weighted by Gasteiger charge is -2.39. The SMILES string of the molecule is COc1ccc(C2C(CNC(=O)CSc3ccc([N+](=O)[O-])cc3)CCCN2C)cc1. The van der Waals surface area contributed by atoms with Gasteiger partial charge in [-0.05, 0) is 62.2 Å². The van der Waals surface area contributed by atoms with Crippen LogP contribution in [0.2, 0.25) is 0 Å². The number of benzene rings is 2. The number of nitro benzene ring substituents is 1. The van der Waals surface area contributed by atoms with E-state index in [9.17, 15) is 14.9 Å². The molecule has 7 nitrogen and oxygen atoms in total. The summed E-state index contributed by atoms with van der Waals surface area (Å²) in [5.41, 5.74) is 1.28. The van der Waals surface area contributed by atoms with Gasteiger partial charge in [-0.1, -0.05) is 12.1 Å². The molecule has 0 spiro atoms. The van der Waals surface area contributed by atoms with Crippen molar-refractivity contribution in [2.24, 2.45) is 5.92 Å². The molecular weight excluding hydrogens is 402 g/mol. The molecule has 2 aromatic carbocycles. The summed E-state index contributed by atoms with van der Waals surface area (Å²) in [7, 11) is 3.79. The first-order valence-corrected chi connectivity index (χ1v) is 10.9. The Bertz CT molecular complexity index is 858. The topological polar surface area (TPSA) is 84.7 Å². The number of nitro groups is 1. The summed E-state index contributed by atoms with van der Waals surface area (Å²) in [6.45, 7) is 1.66. The summed E-state index contributed by atoms with van der Waals surface area (Å²) >= 11 is 1.38. The highest BCUT2D eigenvalue weighted by Gasteiger charge is 2.30. The lowest BCUT2D eigenvalue weighted by atomic mass is 9.85. The standard InChI is InChI=1S/C22H27N3O4S/c1-24-13-3-4-17(22(24)16-5-9-19(29-2)10-6-16)14-23-21(26)15-30-20-11-7-18(8-12-20)25(27)28/h5-12,17,22H,3-4,13-15H2,1-2H3,(H,23,26). The first-order chi connectivity index (χ1) is 14.5. The number of ether oxygens (including phenoxy) is 1. The van der Waals surface area contributed by atoms with Gasteiger partial charge >= 0.3 is 0 Å². The van der Waals surface area contributed by atoms with Crippen molar-refractivity contribution in [3.8, 4) is 5.75 Å². The van der Waals surface area contributed by atoms with Gasteiger partial charge in [0.25, 0.3) is 5.69 Å². The second kappa shape index (κ2) is 10.4. The Morgan fingerprint density at radius 1 is 1.23 bits per heavy atom. The van der Waals surface area contributed by atoms with Gasteiger partial charge in [0.1, 0.15) is 5.75 Å². The van der Waals surface area contributed by atoms with E-state index >= 15 is 0 Å². The molecule has 0 aromatic heterocycles. The number of carbonyl (C=O) groups excluding carboxylic acids is 1. The minimum Gasteiger partial charge on any atom is -0.497 e. The Hall–Kier alpha value is -2.58. The summed E-state index contributed by atoms with van der Waals surface area (Å²) in [5, 5.41) is 13.8. The zero-order valence-electron chi connectivity index (χ0n) is 17.2. The zero-order chi connectivity index (χ0) is 21.5. The van der Waals surface area contributed by atoms with Crippen molar-refractivity contribution in [1.29, 1.82) is 0 Å². The van der Waals surface area contributed by atoms with E-state index in [0.717, 1.165) is 30.0 Å². The lowest BCUT2D eigenvalue weighted by molar-refractivity contribution is -0.384. The number of piperidine rings is 1. The molecule has 1 heterocycles. The van der Waals surface area contributed by atoms with Crippen LogP contribution in [0.1, 0.15) is 24.4 Å². The van der Waals surface area contributed by atoms with Crippen molar-refractivity contribution in [3.05, 3.63) is 64.2 Å². The second-order valence-corrected chi connectivity index (χ2v) is 8.49. The molecule has 1 amide bonds. The lowest BCUT2D eigenvalue weighted by Crippen LogP contribution is -2.42. The van der Waals surface area contributed by atoms with Crippen molar-refractivity contribution in [3.63, 3.8) is 0 Å². The number of likely N-dealkylation sites (tertiary alicyclic amines) is 1. The highest BCUT2D eigenvalue weighted by Crippen LogP contribution is 2.35. The highest BCUT2D eigenvalue weighted by molar-refractivity contribution is 8.00. The number of non-ortho nitro benzene ring substituents is 1. The van der Waals surface area contributed by atoms with Crippen LogP contribution in [-0.2, 0) is 4.79 Å². The number of methoxy groups -OCH3 is 1. The third-order valence-electron chi connectivity index (χ3n) is 5.44. The number of amides is 1. The molecule has 2 unspecified atom stereocenters. The number of carbonyl (C=O) groups is 1. The summed E-state index contributed by atoms with van der Waals surface area (Å²) in [4.78, 5) is 25.9. The maximum absolute atomic E-state index is 12.4. The van der Waals surface area contributed by atoms with Gasteiger partial charge in [-0.3, -0.25) is 19.8 Å². The summed E-state index contributed by atoms with van der Waals surface area (Å²) in [5.74, 6) is 1.43. The molecule has 160 valence electrons. The van der Waals surface area contributed by atoms with Crippen LogP contribution in [0.4, 0.5) is 5.69 Å². The molecule has 0 aliphatic carbocycles. The number of nitrogens with zero attached hydrogens (tertiary/aromatic N) is 2. The van der Waals surface area contributed by atoms with Crippen molar-refractivity contribution in [2.75, 3.05) is 33.0 Å². The van der Waals surface area contributed by atoms with Gasteiger partial charge in [0.05, 0.1) is 17.8 Å². The monoisotopic (exact) mass is 429 g/mol. The van der Waals surface area contributed by atoms with Crippen LogP contribution in [0, 0.1) is 16.0 Å². The molecule has 0 bridgehead atoms. The first kappa shape index (κ1) is 22.1. The van der Waals surface area contributed by atoms with E-state index in [-0.39, 0.29) is 23.4 Å². The van der Waals surface area contributed by atoms with Crippen molar-refractivity contribution in [1.82, 2.24) is 10.2 Å². The van der Waals surface area contributed by atoms with Crippen LogP contribution in [0.5, 0.6) is 5.75 Å². The van der Waals surface area contributed by atoms with Gasteiger partial charge in [-0.15, -0.1) is 11.8 Å². The fraction of sp³-hybridized carbons (Fsp3) is 0.409. The van der Waals surface area contributed by atoms with Gasteiger partial charge in [-0.25, -0.2) is 0 Å². The second-order valence-electron chi connectivity index (χ2n) is 7.44. The summed E-state index contributed by atoms with van der Waals surface area (Å²) in [6.07, 6.45) is 2.18. The normalized spacial score (nSPS) is 19.3. The van der Waals surface area contributed by atoms with Crippen LogP contribution in [0.15, 0.2) is 53.4 Å². The Morgan fingerprint density at radius 3 is 2.57 bits per heavy atom. The fourth-order valence-corrected chi connectivity index (χ4v) is 4.64. The number of thioether (sulfide) groups is 1. The molecule has 2 aromatic rings. The average molecular weight is 430 g/mol. The highest BCUT2D eigenvalue weighted by atomic mass is 32.2. The number of hydrogen-bond donors (Lipinski definition) is 1. The van der Waals surface area contributed by atoms with Gasteiger partial charge in [0, 0.05) is 29.6 Å². The number of nitrogens with one attached hydrogen (secondary N) is 1. The van der Waals surface area contributed by atoms with Crippen molar-refractivity contribution < 1.29 is 14.5 Å². The molecule has 8 heteroatoms. The smallest absolute Gasteiger partial charge is 0.269 e. The molecule has 0 saturated carbocycles. The predicted octanol–water partition coefficient (Wildman–Crippen LogP) is 3.89. The molecule has 1 aliphatic rings. The Labute approximate surface area is 180 Å². The molecule has 0 radical (unpaired) electrons. The molecule has 30 heavy (non-hydrogen) atoms. The van der Waals surface area contributed by atoms with Gasteiger partial charge in [0.2, 0.25) is 5.91 Å². The summed E-state index contributed by atoms with van der Waals surface area (Å²) < 4.78 is 5.26. The molecule has 3 rings (SSSR count). The Morgan fingerprint density at radius 2 is 1.93 bits per heavy atom. The molecule has 1 saturated heterocycles. The number of hydrogen-bond acceptors (Lipinski definition) is 6. The molecule has 2 atom stereocenters. The van der Waals surface area contributed by atoms with Gasteiger partial charge in [-0.2, -0.15) is 0 Å². The third kappa shape index (κ3) is 5.73. The van der Waals surface area contributed by atoms with Gasteiger partial charge < -0.3 is 10.1 Å². The molecule has 1 N–H and O–H groups in total. The Balaban J connectivity index is 1.54. The van der Waals surface area contributed by atoms with E-state index in [4.69, 9.17) is 4.74 Å². The predicted molar refractivity (Wildman–Crippen MR) is 118 cm³/mol. The van der Waals surface area contributed by atoms with Crippen LogP contribution in [-0.4, -0.2) is 48.7 Å². The van der Waals surface area contributed by atoms with Gasteiger partial charge in [0.15, 0.2) is 0 Å². The minimum atomic E-state index is -0.429. The largest absolute Gasteiger partial charge is 0.497 e. The molecule has 1 aliphatic heterocycles. The van der Waals surface area contributed by atoms with Crippen LogP contribution < -0.4 is 10.1 Å². The zero-order valence-corrected chi connectivity index (χ0v) is 18.1. The van der Waals surface area contributed by atoms with E-state index < -0.39 is 4.92 Å². The van der Waals surface area contributed by atoms with Crippen LogP contribution >= 0.6 is 11.8 Å². The van der Waals surface area contributed by atoms with E-state index in [1.165, 1.54) is 29.5 Å².